The number of ether oxygens (including phenoxy) is 1. The Bertz CT molecular complexity index is 992. The van der Waals surface area contributed by atoms with Crippen molar-refractivity contribution in [2.45, 2.75) is 20.6 Å². The van der Waals surface area contributed by atoms with Crippen LogP contribution in [0.15, 0.2) is 29.2 Å². The number of anilines is 2. The maximum Gasteiger partial charge on any atom is 0.326 e. The first-order chi connectivity index (χ1) is 12.0. The molecule has 0 radical (unpaired) electrons. The second kappa shape index (κ2) is 6.69. The van der Waals surface area contributed by atoms with Gasteiger partial charge in [0.1, 0.15) is 6.73 Å². The molecule has 2 N–H and O–H groups in total. The van der Waals surface area contributed by atoms with Gasteiger partial charge in [0.05, 0.1) is 5.69 Å². The molecule has 0 aliphatic heterocycles. The van der Waals surface area contributed by atoms with Gasteiger partial charge < -0.3 is 10.1 Å². The van der Waals surface area contributed by atoms with E-state index < -0.39 is 6.03 Å². The molecule has 25 heavy (non-hydrogen) atoms. The summed E-state index contributed by atoms with van der Waals surface area (Å²) in [6, 6.07) is 4.17. The lowest BCUT2D eigenvalue weighted by Gasteiger charge is -2.08. The number of hydrogen-bond donors (Lipinski definition) is 2. The van der Waals surface area contributed by atoms with Gasteiger partial charge in [0.15, 0.2) is 0 Å². The van der Waals surface area contributed by atoms with Gasteiger partial charge >= 0.3 is 6.03 Å². The van der Waals surface area contributed by atoms with Gasteiger partial charge in [-0.2, -0.15) is 9.50 Å². The standard InChI is InChI=1S/C15H17N7O3/c1-9-6-10(2)22-14(16-9)18-13(20-22)19-15(24)17-11-4-5-12(23)21(7-11)8-25-3/h4-7H,8H2,1-3H3,(H2,17,19,20,24). The van der Waals surface area contributed by atoms with Gasteiger partial charge in [-0.05, 0) is 26.0 Å². The number of rotatable bonds is 4. The molecule has 0 fully saturated rings. The average molecular weight is 343 g/mol. The van der Waals surface area contributed by atoms with Crippen molar-refractivity contribution in [3.05, 3.63) is 46.1 Å². The zero-order chi connectivity index (χ0) is 18.0. The van der Waals surface area contributed by atoms with E-state index >= 15 is 0 Å². The minimum atomic E-state index is -0.534. The van der Waals surface area contributed by atoms with Crippen LogP contribution in [0.2, 0.25) is 0 Å². The Labute approximate surface area is 142 Å². The first-order valence-electron chi connectivity index (χ1n) is 7.45. The first-order valence-corrected chi connectivity index (χ1v) is 7.45. The molecule has 130 valence electrons. The number of fused-ring (bicyclic) bond motifs is 1. The van der Waals surface area contributed by atoms with Gasteiger partial charge in [-0.3, -0.25) is 14.7 Å². The SMILES string of the molecule is COCn1cc(NC(=O)Nc2nc3nc(C)cc(C)n3n2)ccc1=O. The topological polar surface area (TPSA) is 115 Å². The molecule has 3 aromatic heterocycles. The lowest BCUT2D eigenvalue weighted by molar-refractivity contribution is 0.128. The largest absolute Gasteiger partial charge is 0.364 e. The Morgan fingerprint density at radius 1 is 1.24 bits per heavy atom. The number of pyridine rings is 1. The summed E-state index contributed by atoms with van der Waals surface area (Å²) in [5.74, 6) is 0.533. The van der Waals surface area contributed by atoms with Gasteiger partial charge in [0.25, 0.3) is 17.3 Å². The molecule has 0 atom stereocenters. The van der Waals surface area contributed by atoms with Crippen LogP contribution >= 0.6 is 0 Å². The number of amides is 2. The Morgan fingerprint density at radius 2 is 2.04 bits per heavy atom. The number of methoxy groups -OCH3 is 1. The van der Waals surface area contributed by atoms with Crippen molar-refractivity contribution in [3.63, 3.8) is 0 Å². The Balaban J connectivity index is 1.76. The van der Waals surface area contributed by atoms with E-state index in [9.17, 15) is 9.59 Å². The predicted octanol–water partition coefficient (Wildman–Crippen LogP) is 1.15. The van der Waals surface area contributed by atoms with Crippen LogP contribution in [-0.2, 0) is 11.5 Å². The summed E-state index contributed by atoms with van der Waals surface area (Å²) in [6.07, 6.45) is 1.48. The molecule has 3 aromatic rings. The number of aromatic nitrogens is 5. The van der Waals surface area contributed by atoms with Crippen LogP contribution in [0.5, 0.6) is 0 Å². The van der Waals surface area contributed by atoms with E-state index in [1.54, 1.807) is 4.52 Å². The summed E-state index contributed by atoms with van der Waals surface area (Å²) in [5, 5.41) is 9.34. The molecule has 0 bridgehead atoms. The summed E-state index contributed by atoms with van der Waals surface area (Å²) in [4.78, 5) is 32.2. The molecule has 0 spiro atoms. The van der Waals surface area contributed by atoms with Gasteiger partial charge in [-0.25, -0.2) is 9.78 Å². The lowest BCUT2D eigenvalue weighted by Crippen LogP contribution is -2.24. The van der Waals surface area contributed by atoms with Crippen molar-refractivity contribution in [2.24, 2.45) is 0 Å². The molecule has 0 aliphatic carbocycles. The first kappa shape index (κ1) is 16.6. The van der Waals surface area contributed by atoms with E-state index in [0.717, 1.165) is 11.4 Å². The molecule has 0 saturated heterocycles. The number of carbonyl (C=O) groups excluding carboxylic acids is 1. The van der Waals surface area contributed by atoms with Crippen LogP contribution in [0, 0.1) is 13.8 Å². The van der Waals surface area contributed by atoms with E-state index in [4.69, 9.17) is 4.74 Å². The van der Waals surface area contributed by atoms with Crippen LogP contribution in [0.25, 0.3) is 5.78 Å². The Kier molecular flexibility index (Phi) is 4.44. The van der Waals surface area contributed by atoms with E-state index in [0.29, 0.717) is 11.5 Å². The fourth-order valence-electron chi connectivity index (χ4n) is 2.33. The number of hydrogen-bond acceptors (Lipinski definition) is 6. The Hall–Kier alpha value is -3.27. The number of nitrogens with one attached hydrogen (secondary N) is 2. The molecular formula is C15H17N7O3. The predicted molar refractivity (Wildman–Crippen MR) is 90.6 cm³/mol. The molecule has 0 saturated carbocycles. The van der Waals surface area contributed by atoms with Crippen LogP contribution in [0.4, 0.5) is 16.4 Å². The average Bonchev–Trinajstić information content (AvgIpc) is 2.93. The normalized spacial score (nSPS) is 10.8. The van der Waals surface area contributed by atoms with Crippen LogP contribution < -0.4 is 16.2 Å². The molecule has 3 heterocycles. The van der Waals surface area contributed by atoms with Crippen molar-refractivity contribution < 1.29 is 9.53 Å². The highest BCUT2D eigenvalue weighted by molar-refractivity contribution is 5.98. The fraction of sp³-hybridized carbons (Fsp3) is 0.267. The summed E-state index contributed by atoms with van der Waals surface area (Å²) in [7, 11) is 1.48. The zero-order valence-corrected chi connectivity index (χ0v) is 14.0. The number of nitrogens with zero attached hydrogens (tertiary/aromatic N) is 5. The number of aryl methyl sites for hydroxylation is 2. The van der Waals surface area contributed by atoms with E-state index in [-0.39, 0.29) is 18.2 Å². The molecule has 10 nitrogen and oxygen atoms in total. The summed E-state index contributed by atoms with van der Waals surface area (Å²) < 4.78 is 7.80. The fourth-order valence-corrected chi connectivity index (χ4v) is 2.33. The zero-order valence-electron chi connectivity index (χ0n) is 14.0. The van der Waals surface area contributed by atoms with Crippen molar-refractivity contribution in [2.75, 3.05) is 17.7 Å². The smallest absolute Gasteiger partial charge is 0.326 e. The summed E-state index contributed by atoms with van der Waals surface area (Å²) >= 11 is 0. The summed E-state index contributed by atoms with van der Waals surface area (Å²) in [5.41, 5.74) is 1.87. The van der Waals surface area contributed by atoms with Crippen LogP contribution in [-0.4, -0.2) is 37.3 Å². The third-order valence-electron chi connectivity index (χ3n) is 3.35. The molecule has 0 aromatic carbocycles. The number of urea groups is 1. The maximum atomic E-state index is 12.1. The van der Waals surface area contributed by atoms with E-state index in [1.807, 2.05) is 19.9 Å². The van der Waals surface area contributed by atoms with Gasteiger partial charge in [0.2, 0.25) is 0 Å². The molecule has 3 rings (SSSR count). The highest BCUT2D eigenvalue weighted by Gasteiger charge is 2.11. The molecule has 10 heteroatoms. The Morgan fingerprint density at radius 3 is 2.80 bits per heavy atom. The van der Waals surface area contributed by atoms with Crippen molar-refractivity contribution in [1.82, 2.24) is 24.1 Å². The van der Waals surface area contributed by atoms with Gasteiger partial charge in [0, 0.05) is 30.8 Å². The van der Waals surface area contributed by atoms with Crippen LogP contribution in [0.3, 0.4) is 0 Å². The highest BCUT2D eigenvalue weighted by atomic mass is 16.5. The van der Waals surface area contributed by atoms with E-state index in [1.165, 1.54) is 30.0 Å². The van der Waals surface area contributed by atoms with Gasteiger partial charge in [-0.15, -0.1) is 5.10 Å². The van der Waals surface area contributed by atoms with Crippen molar-refractivity contribution in [3.8, 4) is 0 Å². The van der Waals surface area contributed by atoms with Crippen molar-refractivity contribution >= 4 is 23.4 Å². The minimum Gasteiger partial charge on any atom is -0.364 e. The quantitative estimate of drug-likeness (QED) is 0.734. The van der Waals surface area contributed by atoms with Crippen molar-refractivity contribution in [1.29, 1.82) is 0 Å². The van der Waals surface area contributed by atoms with Crippen LogP contribution in [0.1, 0.15) is 11.4 Å². The highest BCUT2D eigenvalue weighted by Crippen LogP contribution is 2.09. The van der Waals surface area contributed by atoms with E-state index in [2.05, 4.69) is 25.7 Å². The minimum absolute atomic E-state index is 0.0915. The molecule has 0 unspecified atom stereocenters. The third-order valence-corrected chi connectivity index (χ3v) is 3.35. The second-order valence-corrected chi connectivity index (χ2v) is 5.41. The monoisotopic (exact) mass is 343 g/mol. The summed E-state index contributed by atoms with van der Waals surface area (Å²) in [6.45, 7) is 3.82. The number of carbonyl (C=O) groups is 1. The second-order valence-electron chi connectivity index (χ2n) is 5.41. The molecule has 2 amide bonds. The lowest BCUT2D eigenvalue weighted by atomic mass is 10.4. The van der Waals surface area contributed by atoms with Gasteiger partial charge in [-0.1, -0.05) is 0 Å². The molecule has 0 aliphatic rings. The third kappa shape index (κ3) is 3.63. The maximum absolute atomic E-state index is 12.1. The molecular weight excluding hydrogens is 326 g/mol.